The average Bonchev–Trinajstić information content (AvgIpc) is 3.07. The molecule has 1 aliphatic heterocycles. The van der Waals surface area contributed by atoms with Crippen molar-refractivity contribution < 1.29 is 42.5 Å². The zero-order chi connectivity index (χ0) is 22.1. The topological polar surface area (TPSA) is 63.7 Å². The summed E-state index contributed by atoms with van der Waals surface area (Å²) in [5.41, 5.74) is 2.40. The Kier molecular flexibility index (Phi) is 11.6. The van der Waals surface area contributed by atoms with Crippen LogP contribution in [-0.4, -0.2) is 19.1 Å². The molecule has 0 bridgehead atoms. The Morgan fingerprint density at radius 2 is 1.31 bits per heavy atom. The summed E-state index contributed by atoms with van der Waals surface area (Å²) in [7, 11) is -4.61. The van der Waals surface area contributed by atoms with Gasteiger partial charge in [0.2, 0.25) is 0 Å². The largest absolute Gasteiger partial charge is 1.00 e. The quantitative estimate of drug-likeness (QED) is 0.258. The first-order valence-corrected chi connectivity index (χ1v) is 13.0. The van der Waals surface area contributed by atoms with Crippen LogP contribution in [0.4, 0.5) is 11.4 Å². The summed E-state index contributed by atoms with van der Waals surface area (Å²) in [6.45, 7) is 2.81. The number of para-hydroxylation sites is 2. The van der Waals surface area contributed by atoms with E-state index in [0.717, 1.165) is 34.8 Å². The Hall–Kier alpha value is -1.05. The molecule has 2 aromatic rings. The molecule has 3 rings (SSSR count). The number of anilines is 2. The fourth-order valence-corrected chi connectivity index (χ4v) is 5.40. The molecular weight excluding hydrogens is 431 g/mol. The van der Waals surface area contributed by atoms with Gasteiger partial charge in [-0.3, -0.25) is 4.31 Å². The molecule has 0 saturated heterocycles. The van der Waals surface area contributed by atoms with Crippen molar-refractivity contribution in [3.63, 3.8) is 0 Å². The van der Waals surface area contributed by atoms with Gasteiger partial charge in [-0.05, 0) is 30.5 Å². The molecule has 0 amide bonds. The molecule has 170 valence electrons. The van der Waals surface area contributed by atoms with Crippen molar-refractivity contribution >= 4 is 21.7 Å². The second-order valence-electron chi connectivity index (χ2n) is 8.45. The van der Waals surface area contributed by atoms with E-state index in [1.165, 1.54) is 38.5 Å². The number of hydrogen-bond acceptors (Lipinski definition) is 4. The molecule has 0 radical (unpaired) electrons. The fraction of sp³-hybridized carbons (Fsp3) is 0.520. The first-order valence-electron chi connectivity index (χ1n) is 11.7. The number of nitrogens with zero attached hydrogens (tertiary/aromatic N) is 2. The molecule has 1 unspecified atom stereocenters. The van der Waals surface area contributed by atoms with E-state index < -0.39 is 16.5 Å². The molecule has 5 nitrogen and oxygen atoms in total. The van der Waals surface area contributed by atoms with Gasteiger partial charge in [-0.25, -0.2) is 8.42 Å². The number of benzene rings is 2. The predicted octanol–water partition coefficient (Wildman–Crippen LogP) is 3.22. The zero-order valence-electron chi connectivity index (χ0n) is 19.6. The average molecular weight is 467 g/mol. The summed E-state index contributed by atoms with van der Waals surface area (Å²) < 4.78 is 37.7. The molecule has 0 aromatic heterocycles. The Morgan fingerprint density at radius 3 is 1.91 bits per heavy atom. The zero-order valence-corrected chi connectivity index (χ0v) is 22.4. The van der Waals surface area contributed by atoms with Gasteiger partial charge in [0.15, 0.2) is 10.3 Å². The monoisotopic (exact) mass is 466 g/mol. The van der Waals surface area contributed by atoms with E-state index in [4.69, 9.17) is 0 Å². The maximum Gasteiger partial charge on any atom is 1.00 e. The molecule has 0 saturated carbocycles. The van der Waals surface area contributed by atoms with Gasteiger partial charge in [0.1, 0.15) is 6.17 Å². The Morgan fingerprint density at radius 1 is 0.781 bits per heavy atom. The minimum Gasteiger partial charge on any atom is -0.731 e. The van der Waals surface area contributed by atoms with Crippen LogP contribution in [0.5, 0.6) is 0 Å². The minimum atomic E-state index is -4.61. The van der Waals surface area contributed by atoms with Crippen molar-refractivity contribution in [3.8, 4) is 0 Å². The van der Waals surface area contributed by atoms with Crippen molar-refractivity contribution in [1.29, 1.82) is 0 Å². The Balaban J connectivity index is 0.00000363. The SMILES string of the molecule is CCCCCCCCCCCC1N(Cc2ccccc2)c2ccccc2N1S(=O)(=O)[O-].[Na+]. The van der Waals surface area contributed by atoms with Gasteiger partial charge < -0.3 is 9.45 Å². The van der Waals surface area contributed by atoms with Crippen molar-refractivity contribution in [3.05, 3.63) is 60.2 Å². The van der Waals surface area contributed by atoms with E-state index in [9.17, 15) is 13.0 Å². The van der Waals surface area contributed by atoms with Crippen LogP contribution in [0.1, 0.15) is 76.7 Å². The molecule has 32 heavy (non-hydrogen) atoms. The molecule has 0 spiro atoms. The third kappa shape index (κ3) is 7.49. The van der Waals surface area contributed by atoms with Gasteiger partial charge in [-0.15, -0.1) is 0 Å². The van der Waals surface area contributed by atoms with E-state index >= 15 is 0 Å². The van der Waals surface area contributed by atoms with E-state index in [2.05, 4.69) is 11.8 Å². The van der Waals surface area contributed by atoms with E-state index in [1.54, 1.807) is 12.1 Å². The van der Waals surface area contributed by atoms with Crippen LogP contribution in [0.15, 0.2) is 54.6 Å². The molecule has 7 heteroatoms. The molecular formula is C25H35N2NaO3S. The van der Waals surface area contributed by atoms with Gasteiger partial charge in [0, 0.05) is 6.54 Å². The predicted molar refractivity (Wildman–Crippen MR) is 127 cm³/mol. The normalized spacial score (nSPS) is 15.5. The smallest absolute Gasteiger partial charge is 0.731 e. The van der Waals surface area contributed by atoms with Crippen LogP contribution < -0.4 is 38.8 Å². The summed E-state index contributed by atoms with van der Waals surface area (Å²) in [6.07, 6.45) is 11.0. The molecule has 1 atom stereocenters. The molecule has 0 fully saturated rings. The van der Waals surface area contributed by atoms with Crippen LogP contribution in [0.2, 0.25) is 0 Å². The second-order valence-corrected chi connectivity index (χ2v) is 9.70. The fourth-order valence-electron chi connectivity index (χ4n) is 4.49. The van der Waals surface area contributed by atoms with Crippen molar-refractivity contribution in [2.24, 2.45) is 0 Å². The van der Waals surface area contributed by atoms with E-state index in [1.807, 2.05) is 42.5 Å². The van der Waals surface area contributed by atoms with Crippen LogP contribution >= 0.6 is 0 Å². The molecule has 1 aliphatic rings. The maximum absolute atomic E-state index is 12.2. The molecule has 0 aliphatic carbocycles. The molecule has 1 heterocycles. The van der Waals surface area contributed by atoms with Gasteiger partial charge in [-0.1, -0.05) is 101 Å². The third-order valence-corrected chi connectivity index (χ3v) is 6.98. The Bertz CT molecular complexity index is 908. The number of unbranched alkanes of at least 4 members (excludes halogenated alkanes) is 8. The maximum atomic E-state index is 12.2. The van der Waals surface area contributed by atoms with Crippen LogP contribution in [0.25, 0.3) is 0 Å². The third-order valence-electron chi connectivity index (χ3n) is 6.06. The Labute approximate surface area is 216 Å². The summed E-state index contributed by atoms with van der Waals surface area (Å²) in [6, 6.07) is 17.3. The van der Waals surface area contributed by atoms with Crippen molar-refractivity contribution in [2.75, 3.05) is 9.21 Å². The first kappa shape index (κ1) is 27.2. The summed E-state index contributed by atoms with van der Waals surface area (Å²) in [5, 5.41) is 0. The minimum absolute atomic E-state index is 0. The van der Waals surface area contributed by atoms with Gasteiger partial charge >= 0.3 is 29.6 Å². The summed E-state index contributed by atoms with van der Waals surface area (Å²) in [4.78, 5) is 2.07. The van der Waals surface area contributed by atoms with E-state index in [-0.39, 0.29) is 29.6 Å². The van der Waals surface area contributed by atoms with Crippen LogP contribution in [0, 0.1) is 0 Å². The molecule has 0 N–H and O–H groups in total. The summed E-state index contributed by atoms with van der Waals surface area (Å²) >= 11 is 0. The molecule has 2 aromatic carbocycles. The number of rotatable bonds is 13. The van der Waals surface area contributed by atoms with Gasteiger partial charge in [0.05, 0.1) is 11.4 Å². The van der Waals surface area contributed by atoms with Gasteiger partial charge in [-0.2, -0.15) is 0 Å². The number of fused-ring (bicyclic) bond motifs is 1. The van der Waals surface area contributed by atoms with Crippen molar-refractivity contribution in [2.45, 2.75) is 83.8 Å². The summed E-state index contributed by atoms with van der Waals surface area (Å²) in [5.74, 6) is 0. The van der Waals surface area contributed by atoms with E-state index in [0.29, 0.717) is 18.7 Å². The standard InChI is InChI=1S/C25H36N2O3S.Na/c1-2-3-4-5-6-7-8-9-13-20-25-26(21-22-16-11-10-12-17-22)23-18-14-15-19-24(23)27(25)31(28,29)30;/h10-12,14-19,25H,2-9,13,20-21H2,1H3,(H,28,29,30);/q;+1/p-1. The number of hydrogen-bond donors (Lipinski definition) is 0. The second kappa shape index (κ2) is 13.6. The van der Waals surface area contributed by atoms with Crippen molar-refractivity contribution in [1.82, 2.24) is 0 Å². The van der Waals surface area contributed by atoms with Crippen LogP contribution in [0.3, 0.4) is 0 Å². The van der Waals surface area contributed by atoms with Crippen LogP contribution in [-0.2, 0) is 16.8 Å². The first-order chi connectivity index (χ1) is 15.0. The van der Waals surface area contributed by atoms with Gasteiger partial charge in [0.25, 0.3) is 0 Å².